The van der Waals surface area contributed by atoms with Crippen LogP contribution in [0.5, 0.6) is 0 Å². The van der Waals surface area contributed by atoms with Crippen LogP contribution in [-0.2, 0) is 0 Å². The van der Waals surface area contributed by atoms with Gasteiger partial charge in [0.2, 0.25) is 0 Å². The number of benzene rings is 1. The zero-order chi connectivity index (χ0) is 38.1. The SMILES string of the molecule is CC(C)[Si](c1ncc(-c2cc(C(=O)N3CCCCC3)c(-c3cnc([Si](C(C)C)(C(C)C)C(C)C)s3)cc2C(=O)N2CCCCC2)s1)(C(C)C)C(C)C. The third-order valence-corrected chi connectivity index (χ3v) is 30.5. The molecule has 3 aromatic rings. The van der Waals surface area contributed by atoms with Crippen molar-refractivity contribution >= 4 is 59.9 Å². The molecule has 0 radical (unpaired) electrons. The van der Waals surface area contributed by atoms with E-state index in [2.05, 4.69) is 95.2 Å². The molecule has 0 atom stereocenters. The molecule has 0 bridgehead atoms. The fourth-order valence-corrected chi connectivity index (χ4v) is 29.8. The van der Waals surface area contributed by atoms with Crippen molar-refractivity contribution in [3.8, 4) is 20.9 Å². The highest BCUT2D eigenvalue weighted by Crippen LogP contribution is 2.45. The van der Waals surface area contributed by atoms with E-state index in [9.17, 15) is 9.59 Å². The Hall–Kier alpha value is -2.15. The van der Waals surface area contributed by atoms with Gasteiger partial charge in [-0.15, -0.1) is 22.7 Å². The van der Waals surface area contributed by atoms with E-state index >= 15 is 0 Å². The first kappa shape index (κ1) is 41.0. The predicted molar refractivity (Wildman–Crippen MR) is 230 cm³/mol. The lowest BCUT2D eigenvalue weighted by Gasteiger charge is -2.41. The summed E-state index contributed by atoms with van der Waals surface area (Å²) in [5, 5.41) is 0. The summed E-state index contributed by atoms with van der Waals surface area (Å²) in [4.78, 5) is 46.0. The first-order chi connectivity index (χ1) is 24.6. The quantitative estimate of drug-likeness (QED) is 0.172. The molecule has 2 amide bonds. The van der Waals surface area contributed by atoms with Crippen molar-refractivity contribution in [1.29, 1.82) is 0 Å². The van der Waals surface area contributed by atoms with Gasteiger partial charge in [-0.3, -0.25) is 19.6 Å². The molecule has 2 saturated heterocycles. The Balaban J connectivity index is 1.78. The maximum atomic E-state index is 14.7. The van der Waals surface area contributed by atoms with E-state index < -0.39 is 16.1 Å². The minimum absolute atomic E-state index is 0.0722. The molecule has 2 fully saturated rings. The number of hydrogen-bond acceptors (Lipinski definition) is 6. The highest BCUT2D eigenvalue weighted by Gasteiger charge is 2.48. The fourth-order valence-electron chi connectivity index (χ4n) is 10.6. The van der Waals surface area contributed by atoms with Crippen molar-refractivity contribution in [1.82, 2.24) is 19.8 Å². The van der Waals surface area contributed by atoms with Gasteiger partial charge in [-0.25, -0.2) is 0 Å². The summed E-state index contributed by atoms with van der Waals surface area (Å²) >= 11 is 3.56. The lowest BCUT2D eigenvalue weighted by Crippen LogP contribution is -2.55. The molecule has 2 aliphatic rings. The number of likely N-dealkylation sites (tertiary alicyclic amines) is 2. The fraction of sp³-hybridized carbons (Fsp3) is 0.667. The van der Waals surface area contributed by atoms with E-state index in [1.165, 1.54) is 9.26 Å². The summed E-state index contributed by atoms with van der Waals surface area (Å²) in [6.45, 7) is 31.6. The highest BCUT2D eigenvalue weighted by atomic mass is 32.1. The van der Waals surface area contributed by atoms with Crippen LogP contribution < -0.4 is 9.26 Å². The largest absolute Gasteiger partial charge is 0.339 e. The normalized spacial score (nSPS) is 16.4. The van der Waals surface area contributed by atoms with E-state index in [1.54, 1.807) is 22.7 Å². The highest BCUT2D eigenvalue weighted by molar-refractivity contribution is 7.30. The average Bonchev–Trinajstić information content (AvgIpc) is 3.79. The molecule has 286 valence electrons. The monoisotopic (exact) mass is 778 g/mol. The molecule has 6 nitrogen and oxygen atoms in total. The van der Waals surface area contributed by atoms with Gasteiger partial charge in [0.1, 0.15) is 16.1 Å². The molecule has 1 aromatic carbocycles. The van der Waals surface area contributed by atoms with E-state index in [1.807, 2.05) is 22.2 Å². The molecule has 52 heavy (non-hydrogen) atoms. The van der Waals surface area contributed by atoms with Crippen LogP contribution in [0.25, 0.3) is 20.9 Å². The number of amides is 2. The molecular weight excluding hydrogens is 713 g/mol. The smallest absolute Gasteiger partial charge is 0.254 e. The zero-order valence-electron chi connectivity index (χ0n) is 34.3. The number of hydrogen-bond donors (Lipinski definition) is 0. The Morgan fingerprint density at radius 1 is 0.519 bits per heavy atom. The van der Waals surface area contributed by atoms with Gasteiger partial charge in [0.05, 0.1) is 19.0 Å². The van der Waals surface area contributed by atoms with Crippen LogP contribution in [0.2, 0.25) is 33.2 Å². The van der Waals surface area contributed by atoms with Gasteiger partial charge < -0.3 is 9.80 Å². The molecular formula is C42H66N4O2S2Si2. The van der Waals surface area contributed by atoms with Crippen molar-refractivity contribution in [2.24, 2.45) is 0 Å². The van der Waals surface area contributed by atoms with Crippen molar-refractivity contribution in [3.05, 3.63) is 35.7 Å². The van der Waals surface area contributed by atoms with Gasteiger partial charge in [-0.05, 0) is 83.9 Å². The van der Waals surface area contributed by atoms with E-state index in [4.69, 9.17) is 9.97 Å². The van der Waals surface area contributed by atoms with Crippen LogP contribution >= 0.6 is 22.7 Å². The first-order valence-corrected chi connectivity index (χ1v) is 26.4. The summed E-state index contributed by atoms with van der Waals surface area (Å²) in [6, 6.07) is 4.17. The van der Waals surface area contributed by atoms with Gasteiger partial charge in [-0.2, -0.15) is 0 Å². The second-order valence-corrected chi connectivity index (χ2v) is 31.9. The van der Waals surface area contributed by atoms with Crippen molar-refractivity contribution < 1.29 is 9.59 Å². The predicted octanol–water partition coefficient (Wildman–Crippen LogP) is 11.0. The van der Waals surface area contributed by atoms with Crippen molar-refractivity contribution in [2.45, 2.75) is 155 Å². The maximum Gasteiger partial charge on any atom is 0.254 e. The molecule has 0 spiro atoms. The number of nitrogens with zero attached hydrogens (tertiary/aromatic N) is 4. The third-order valence-electron chi connectivity index (χ3n) is 12.9. The van der Waals surface area contributed by atoms with Gasteiger partial charge in [0.15, 0.2) is 0 Å². The average molecular weight is 779 g/mol. The van der Waals surface area contributed by atoms with E-state index in [0.29, 0.717) is 44.4 Å². The van der Waals surface area contributed by atoms with Gasteiger partial charge >= 0.3 is 0 Å². The molecule has 0 aliphatic carbocycles. The summed E-state index contributed by atoms with van der Waals surface area (Å²) in [5.74, 6) is 0.144. The Morgan fingerprint density at radius 3 is 1.08 bits per heavy atom. The first-order valence-electron chi connectivity index (χ1n) is 20.3. The number of rotatable bonds is 12. The molecule has 5 rings (SSSR count). The van der Waals surface area contributed by atoms with Crippen LogP contribution in [0.15, 0.2) is 24.5 Å². The number of carbonyl (C=O) groups is 2. The number of thiazole rings is 2. The Labute approximate surface area is 325 Å². The third kappa shape index (κ3) is 7.31. The Kier molecular flexibility index (Phi) is 13.2. The van der Waals surface area contributed by atoms with E-state index in [-0.39, 0.29) is 11.8 Å². The topological polar surface area (TPSA) is 66.4 Å². The minimum atomic E-state index is -2.03. The van der Waals surface area contributed by atoms with Crippen molar-refractivity contribution in [3.63, 3.8) is 0 Å². The molecule has 4 heterocycles. The van der Waals surface area contributed by atoms with E-state index in [0.717, 1.165) is 85.6 Å². The number of piperidine rings is 2. The van der Waals surface area contributed by atoms with Crippen LogP contribution in [-0.4, -0.2) is 73.9 Å². The summed E-state index contributed by atoms with van der Waals surface area (Å²) in [5.41, 5.74) is 6.28. The van der Waals surface area contributed by atoms with Crippen LogP contribution in [0.1, 0.15) is 142 Å². The second-order valence-electron chi connectivity index (χ2n) is 17.5. The molecule has 2 aromatic heterocycles. The molecule has 0 saturated carbocycles. The molecule has 10 heteroatoms. The summed E-state index contributed by atoms with van der Waals surface area (Å²) in [6.07, 6.45) is 10.5. The minimum Gasteiger partial charge on any atom is -0.339 e. The lowest BCUT2D eigenvalue weighted by atomic mass is 9.94. The summed E-state index contributed by atoms with van der Waals surface area (Å²) < 4.78 is 2.52. The maximum absolute atomic E-state index is 14.7. The summed E-state index contributed by atoms with van der Waals surface area (Å²) in [7, 11) is -4.06. The van der Waals surface area contributed by atoms with Crippen LogP contribution in [0.4, 0.5) is 0 Å². The van der Waals surface area contributed by atoms with Crippen molar-refractivity contribution in [2.75, 3.05) is 26.2 Å². The van der Waals surface area contributed by atoms with Gasteiger partial charge in [-0.1, -0.05) is 83.1 Å². The molecule has 2 aliphatic heterocycles. The number of carbonyl (C=O) groups excluding carboxylic acids is 2. The Bertz CT molecular complexity index is 1530. The second kappa shape index (κ2) is 16.7. The molecule has 0 unspecified atom stereocenters. The van der Waals surface area contributed by atoms with Crippen LogP contribution in [0.3, 0.4) is 0 Å². The number of aromatic nitrogens is 2. The van der Waals surface area contributed by atoms with Gasteiger partial charge in [0.25, 0.3) is 11.8 Å². The standard InChI is InChI=1S/C42H66N4O2S2Si2/c1-27(2)51(28(3)4,29(5)6)41-43-25-37(49-41)33-23-36(40(48)46-21-17-14-18-22-46)34(24-35(33)39(47)45-19-15-13-16-20-45)38-26-44-42(50-38)52(30(7)8,31(9)10)32(11)12/h23-32H,13-22H2,1-12H3. The zero-order valence-corrected chi connectivity index (χ0v) is 37.9. The molecule has 0 N–H and O–H groups in total. The van der Waals surface area contributed by atoms with Crippen LogP contribution in [0, 0.1) is 0 Å². The lowest BCUT2D eigenvalue weighted by molar-refractivity contribution is 0.0713. The Morgan fingerprint density at radius 2 is 0.808 bits per heavy atom. The van der Waals surface area contributed by atoms with Gasteiger partial charge in [0, 0.05) is 60.8 Å².